The molecule has 2 rings (SSSR count). The van der Waals surface area contributed by atoms with Crippen LogP contribution in [0.1, 0.15) is 53.4 Å². The summed E-state index contributed by atoms with van der Waals surface area (Å²) >= 11 is 0. The zero-order chi connectivity index (χ0) is 11.8. The van der Waals surface area contributed by atoms with Gasteiger partial charge in [-0.25, -0.2) is 0 Å². The van der Waals surface area contributed by atoms with Crippen molar-refractivity contribution in [2.45, 2.75) is 71.5 Å². The van der Waals surface area contributed by atoms with E-state index in [1.54, 1.807) is 0 Å². The molecule has 1 heterocycles. The van der Waals surface area contributed by atoms with Crippen LogP contribution >= 0.6 is 0 Å². The molecular formula is C14H28N2. The van der Waals surface area contributed by atoms with Gasteiger partial charge in [0.15, 0.2) is 0 Å². The molecule has 2 nitrogen and oxygen atoms in total. The van der Waals surface area contributed by atoms with Gasteiger partial charge in [0.25, 0.3) is 0 Å². The third-order valence-electron chi connectivity index (χ3n) is 4.46. The Bertz CT molecular complexity index is 225. The first-order valence-electron chi connectivity index (χ1n) is 6.97. The summed E-state index contributed by atoms with van der Waals surface area (Å²) in [7, 11) is 0. The predicted molar refractivity (Wildman–Crippen MR) is 69.7 cm³/mol. The van der Waals surface area contributed by atoms with Crippen LogP contribution in [0.15, 0.2) is 0 Å². The van der Waals surface area contributed by atoms with E-state index in [0.29, 0.717) is 11.5 Å². The Morgan fingerprint density at radius 2 is 1.75 bits per heavy atom. The fourth-order valence-electron chi connectivity index (χ4n) is 3.21. The molecule has 2 atom stereocenters. The molecule has 0 radical (unpaired) electrons. The maximum absolute atomic E-state index is 3.72. The molecule has 16 heavy (non-hydrogen) atoms. The number of hydrogen-bond acceptors (Lipinski definition) is 2. The Morgan fingerprint density at radius 3 is 2.31 bits per heavy atom. The van der Waals surface area contributed by atoms with E-state index in [4.69, 9.17) is 0 Å². The van der Waals surface area contributed by atoms with Gasteiger partial charge in [-0.2, -0.15) is 0 Å². The monoisotopic (exact) mass is 224 g/mol. The maximum Gasteiger partial charge on any atom is 0.0244 e. The Morgan fingerprint density at radius 1 is 1.12 bits per heavy atom. The van der Waals surface area contributed by atoms with Gasteiger partial charge in [0, 0.05) is 31.2 Å². The highest BCUT2D eigenvalue weighted by Crippen LogP contribution is 2.30. The van der Waals surface area contributed by atoms with Gasteiger partial charge in [0.05, 0.1) is 0 Å². The van der Waals surface area contributed by atoms with Gasteiger partial charge in [-0.1, -0.05) is 33.6 Å². The summed E-state index contributed by atoms with van der Waals surface area (Å²) < 4.78 is 0. The van der Waals surface area contributed by atoms with Crippen LogP contribution in [0.5, 0.6) is 0 Å². The van der Waals surface area contributed by atoms with Crippen LogP contribution in [0.2, 0.25) is 0 Å². The fraction of sp³-hybridized carbons (Fsp3) is 1.00. The minimum absolute atomic E-state index is 0.386. The lowest BCUT2D eigenvalue weighted by Gasteiger charge is -2.46. The minimum atomic E-state index is 0.386. The van der Waals surface area contributed by atoms with Crippen molar-refractivity contribution in [3.05, 3.63) is 0 Å². The first-order valence-corrected chi connectivity index (χ1v) is 6.97. The fourth-order valence-corrected chi connectivity index (χ4v) is 3.21. The molecule has 1 aliphatic heterocycles. The number of rotatable bonds is 1. The highest BCUT2D eigenvalue weighted by Gasteiger charge is 2.36. The summed E-state index contributed by atoms with van der Waals surface area (Å²) in [4.78, 5) is 2.78. The molecule has 2 heteroatoms. The lowest BCUT2D eigenvalue weighted by atomic mass is 9.84. The number of hydrogen-bond donors (Lipinski definition) is 1. The van der Waals surface area contributed by atoms with E-state index in [0.717, 1.165) is 12.1 Å². The molecule has 0 aromatic heterocycles. The third kappa shape index (κ3) is 2.60. The number of piperazine rings is 1. The summed E-state index contributed by atoms with van der Waals surface area (Å²) in [6.45, 7) is 11.9. The highest BCUT2D eigenvalue weighted by molar-refractivity contribution is 4.93. The van der Waals surface area contributed by atoms with E-state index < -0.39 is 0 Å². The molecule has 1 aliphatic carbocycles. The molecule has 2 unspecified atom stereocenters. The summed E-state index contributed by atoms with van der Waals surface area (Å²) in [5.41, 5.74) is 0.386. The molecule has 1 saturated heterocycles. The van der Waals surface area contributed by atoms with Crippen LogP contribution < -0.4 is 5.32 Å². The Labute approximate surface area is 101 Å². The minimum Gasteiger partial charge on any atom is -0.311 e. The Balaban J connectivity index is 2.00. The third-order valence-corrected chi connectivity index (χ3v) is 4.46. The average molecular weight is 224 g/mol. The molecule has 94 valence electrons. The summed E-state index contributed by atoms with van der Waals surface area (Å²) in [6.07, 6.45) is 5.76. The smallest absolute Gasteiger partial charge is 0.0244 e. The van der Waals surface area contributed by atoms with Crippen molar-refractivity contribution in [2.24, 2.45) is 5.41 Å². The van der Waals surface area contributed by atoms with Gasteiger partial charge in [-0.05, 0) is 25.2 Å². The molecule has 0 bridgehead atoms. The quantitative estimate of drug-likeness (QED) is 0.736. The topological polar surface area (TPSA) is 15.3 Å². The van der Waals surface area contributed by atoms with E-state index in [1.807, 2.05) is 0 Å². The van der Waals surface area contributed by atoms with Crippen LogP contribution in [0.3, 0.4) is 0 Å². The van der Waals surface area contributed by atoms with Crippen molar-refractivity contribution in [2.75, 3.05) is 13.1 Å². The molecule has 1 N–H and O–H groups in total. The number of nitrogens with zero attached hydrogens (tertiary/aromatic N) is 1. The van der Waals surface area contributed by atoms with Gasteiger partial charge in [-0.3, -0.25) is 4.90 Å². The van der Waals surface area contributed by atoms with Crippen LogP contribution in [0.25, 0.3) is 0 Å². The van der Waals surface area contributed by atoms with E-state index >= 15 is 0 Å². The molecule has 0 aromatic carbocycles. The molecule has 1 saturated carbocycles. The molecule has 2 fully saturated rings. The van der Waals surface area contributed by atoms with Crippen LogP contribution in [0.4, 0.5) is 0 Å². The van der Waals surface area contributed by atoms with Gasteiger partial charge < -0.3 is 5.32 Å². The van der Waals surface area contributed by atoms with Crippen molar-refractivity contribution in [1.82, 2.24) is 10.2 Å². The number of nitrogens with one attached hydrogen (secondary N) is 1. The van der Waals surface area contributed by atoms with Crippen molar-refractivity contribution in [3.63, 3.8) is 0 Å². The van der Waals surface area contributed by atoms with E-state index in [9.17, 15) is 0 Å². The lowest BCUT2D eigenvalue weighted by Crippen LogP contribution is -2.61. The second kappa shape index (κ2) is 4.66. The molecule has 2 aliphatic rings. The van der Waals surface area contributed by atoms with Crippen LogP contribution in [0, 0.1) is 5.41 Å². The van der Waals surface area contributed by atoms with Gasteiger partial charge >= 0.3 is 0 Å². The standard InChI is InChI=1S/C14H28N2/c1-11-9-15-13(14(2,3)4)10-16(11)12-7-5-6-8-12/h11-13,15H,5-10H2,1-4H3. The summed E-state index contributed by atoms with van der Waals surface area (Å²) in [5.74, 6) is 0. The van der Waals surface area contributed by atoms with Crippen LogP contribution in [-0.2, 0) is 0 Å². The van der Waals surface area contributed by atoms with Crippen molar-refractivity contribution < 1.29 is 0 Å². The van der Waals surface area contributed by atoms with Crippen LogP contribution in [-0.4, -0.2) is 36.1 Å². The first kappa shape index (κ1) is 12.4. The summed E-state index contributed by atoms with van der Waals surface area (Å²) in [5, 5.41) is 3.72. The Hall–Kier alpha value is -0.0800. The van der Waals surface area contributed by atoms with E-state index in [-0.39, 0.29) is 0 Å². The molecule has 0 spiro atoms. The summed E-state index contributed by atoms with van der Waals surface area (Å²) in [6, 6.07) is 2.26. The van der Waals surface area contributed by atoms with Crippen molar-refractivity contribution in [1.29, 1.82) is 0 Å². The zero-order valence-electron chi connectivity index (χ0n) is 11.4. The second-order valence-electron chi connectivity index (χ2n) is 6.81. The maximum atomic E-state index is 3.72. The van der Waals surface area contributed by atoms with Crippen molar-refractivity contribution in [3.8, 4) is 0 Å². The molecule has 0 aromatic rings. The second-order valence-corrected chi connectivity index (χ2v) is 6.81. The van der Waals surface area contributed by atoms with Gasteiger partial charge in [-0.15, -0.1) is 0 Å². The Kier molecular flexibility index (Phi) is 3.60. The van der Waals surface area contributed by atoms with E-state index in [2.05, 4.69) is 37.9 Å². The molecule has 0 amide bonds. The highest BCUT2D eigenvalue weighted by atomic mass is 15.3. The molecular weight excluding hydrogens is 196 g/mol. The van der Waals surface area contributed by atoms with Crippen molar-refractivity contribution >= 4 is 0 Å². The van der Waals surface area contributed by atoms with E-state index in [1.165, 1.54) is 38.8 Å². The zero-order valence-corrected chi connectivity index (χ0v) is 11.4. The average Bonchev–Trinajstić information content (AvgIpc) is 2.69. The van der Waals surface area contributed by atoms with Gasteiger partial charge in [0.1, 0.15) is 0 Å². The van der Waals surface area contributed by atoms with Gasteiger partial charge in [0.2, 0.25) is 0 Å². The lowest BCUT2D eigenvalue weighted by molar-refractivity contribution is 0.0591. The largest absolute Gasteiger partial charge is 0.311 e. The first-order chi connectivity index (χ1) is 7.48. The SMILES string of the molecule is CC1CNC(C(C)(C)C)CN1C1CCCC1. The predicted octanol–water partition coefficient (Wildman–Crippen LogP) is 2.64. The normalized spacial score (nSPS) is 34.5.